The van der Waals surface area contributed by atoms with E-state index in [-0.39, 0.29) is 11.9 Å². The standard InChI is InChI=1S/C16H24N2O/c1-4-16(3,11-17)15(19)18-12(2)9-10-13-7-5-6-8-14(13)18/h5-8,12H,4,9-11,17H2,1-3H3. The minimum Gasteiger partial charge on any atom is -0.329 e. The lowest BCUT2D eigenvalue weighted by Crippen LogP contribution is -2.51. The Morgan fingerprint density at radius 2 is 2.16 bits per heavy atom. The van der Waals surface area contributed by atoms with Gasteiger partial charge in [0.1, 0.15) is 0 Å². The second-order valence-corrected chi connectivity index (χ2v) is 5.81. The molecule has 0 saturated heterocycles. The number of fused-ring (bicyclic) bond motifs is 1. The first kappa shape index (κ1) is 14.1. The van der Waals surface area contributed by atoms with E-state index < -0.39 is 5.41 Å². The van der Waals surface area contributed by atoms with Gasteiger partial charge in [0.2, 0.25) is 5.91 Å². The lowest BCUT2D eigenvalue weighted by molar-refractivity contribution is -0.127. The molecule has 0 aromatic heterocycles. The number of rotatable bonds is 3. The highest BCUT2D eigenvalue weighted by Gasteiger charge is 2.38. The predicted octanol–water partition coefficient (Wildman–Crippen LogP) is 2.73. The number of para-hydroxylation sites is 1. The highest BCUT2D eigenvalue weighted by Crippen LogP contribution is 2.34. The fourth-order valence-electron chi connectivity index (χ4n) is 2.67. The normalized spacial score (nSPS) is 21.7. The van der Waals surface area contributed by atoms with E-state index in [1.807, 2.05) is 30.9 Å². The third kappa shape index (κ3) is 2.39. The molecular weight excluding hydrogens is 236 g/mol. The van der Waals surface area contributed by atoms with E-state index in [9.17, 15) is 4.79 Å². The zero-order chi connectivity index (χ0) is 14.0. The van der Waals surface area contributed by atoms with E-state index in [2.05, 4.69) is 19.1 Å². The molecule has 0 fully saturated rings. The van der Waals surface area contributed by atoms with Crippen molar-refractivity contribution in [3.05, 3.63) is 29.8 Å². The molecule has 3 heteroatoms. The third-order valence-corrected chi connectivity index (χ3v) is 4.49. The van der Waals surface area contributed by atoms with E-state index in [1.54, 1.807) is 0 Å². The monoisotopic (exact) mass is 260 g/mol. The van der Waals surface area contributed by atoms with Crippen molar-refractivity contribution in [1.29, 1.82) is 0 Å². The van der Waals surface area contributed by atoms with Gasteiger partial charge in [0.15, 0.2) is 0 Å². The second-order valence-electron chi connectivity index (χ2n) is 5.81. The van der Waals surface area contributed by atoms with Gasteiger partial charge in [-0.2, -0.15) is 0 Å². The van der Waals surface area contributed by atoms with Crippen LogP contribution in [0.2, 0.25) is 0 Å². The molecule has 0 radical (unpaired) electrons. The highest BCUT2D eigenvalue weighted by atomic mass is 16.2. The summed E-state index contributed by atoms with van der Waals surface area (Å²) in [7, 11) is 0. The second kappa shape index (κ2) is 5.33. The Hall–Kier alpha value is -1.35. The van der Waals surface area contributed by atoms with Crippen LogP contribution in [0.3, 0.4) is 0 Å². The molecule has 0 spiro atoms. The summed E-state index contributed by atoms with van der Waals surface area (Å²) in [6.45, 7) is 6.53. The minimum absolute atomic E-state index is 0.164. The Morgan fingerprint density at radius 3 is 2.79 bits per heavy atom. The van der Waals surface area contributed by atoms with Gasteiger partial charge in [-0.1, -0.05) is 25.1 Å². The van der Waals surface area contributed by atoms with Gasteiger partial charge in [0.25, 0.3) is 0 Å². The summed E-state index contributed by atoms with van der Waals surface area (Å²) in [6.07, 6.45) is 2.84. The Morgan fingerprint density at radius 1 is 1.47 bits per heavy atom. The number of benzene rings is 1. The van der Waals surface area contributed by atoms with Crippen LogP contribution in [0.1, 0.15) is 39.2 Å². The summed E-state index contributed by atoms with van der Waals surface area (Å²) in [5, 5.41) is 0. The average molecular weight is 260 g/mol. The van der Waals surface area contributed by atoms with E-state index in [4.69, 9.17) is 5.73 Å². The topological polar surface area (TPSA) is 46.3 Å². The van der Waals surface area contributed by atoms with Crippen LogP contribution in [0.25, 0.3) is 0 Å². The maximum absolute atomic E-state index is 12.9. The van der Waals surface area contributed by atoms with E-state index in [1.165, 1.54) is 5.56 Å². The number of anilines is 1. The number of carbonyl (C=O) groups is 1. The molecule has 1 aliphatic rings. The van der Waals surface area contributed by atoms with Gasteiger partial charge in [-0.15, -0.1) is 0 Å². The lowest BCUT2D eigenvalue weighted by Gasteiger charge is -2.40. The average Bonchev–Trinajstić information content (AvgIpc) is 2.45. The van der Waals surface area contributed by atoms with Crippen LogP contribution in [0, 0.1) is 5.41 Å². The molecule has 1 aromatic rings. The van der Waals surface area contributed by atoms with Crippen LogP contribution in [-0.4, -0.2) is 18.5 Å². The lowest BCUT2D eigenvalue weighted by atomic mass is 9.84. The van der Waals surface area contributed by atoms with Crippen LogP contribution in [0.4, 0.5) is 5.69 Å². The van der Waals surface area contributed by atoms with Crippen molar-refractivity contribution < 1.29 is 4.79 Å². The molecule has 0 aliphatic carbocycles. The zero-order valence-corrected chi connectivity index (χ0v) is 12.1. The van der Waals surface area contributed by atoms with Crippen LogP contribution in [-0.2, 0) is 11.2 Å². The van der Waals surface area contributed by atoms with Gasteiger partial charge in [0.05, 0.1) is 5.41 Å². The number of amides is 1. The number of aryl methyl sites for hydroxylation is 1. The highest BCUT2D eigenvalue weighted by molar-refractivity contribution is 5.99. The van der Waals surface area contributed by atoms with Crippen molar-refractivity contribution in [3.63, 3.8) is 0 Å². The third-order valence-electron chi connectivity index (χ3n) is 4.49. The van der Waals surface area contributed by atoms with Crippen molar-refractivity contribution in [1.82, 2.24) is 0 Å². The number of nitrogens with two attached hydrogens (primary N) is 1. The summed E-state index contributed by atoms with van der Waals surface area (Å²) in [4.78, 5) is 14.9. The first-order chi connectivity index (χ1) is 9.03. The van der Waals surface area contributed by atoms with Crippen LogP contribution >= 0.6 is 0 Å². The van der Waals surface area contributed by atoms with Gasteiger partial charge in [-0.05, 0) is 44.7 Å². The Bertz CT molecular complexity index is 466. The molecule has 1 aromatic carbocycles. The number of nitrogens with zero attached hydrogens (tertiary/aromatic N) is 1. The Labute approximate surface area is 115 Å². The van der Waals surface area contributed by atoms with E-state index in [0.29, 0.717) is 6.54 Å². The fourth-order valence-corrected chi connectivity index (χ4v) is 2.67. The first-order valence-corrected chi connectivity index (χ1v) is 7.15. The molecule has 1 aliphatic heterocycles. The summed E-state index contributed by atoms with van der Waals surface area (Å²) < 4.78 is 0. The zero-order valence-electron chi connectivity index (χ0n) is 12.1. The van der Waals surface area contributed by atoms with E-state index in [0.717, 1.165) is 24.9 Å². The Kier molecular flexibility index (Phi) is 3.95. The molecule has 2 rings (SSSR count). The van der Waals surface area contributed by atoms with Crippen LogP contribution in [0.15, 0.2) is 24.3 Å². The summed E-state index contributed by atoms with van der Waals surface area (Å²) >= 11 is 0. The van der Waals surface area contributed by atoms with Crippen molar-refractivity contribution in [3.8, 4) is 0 Å². The quantitative estimate of drug-likeness (QED) is 0.908. The molecule has 1 amide bonds. The molecule has 1 heterocycles. The van der Waals surface area contributed by atoms with Gasteiger partial charge in [-0.3, -0.25) is 4.79 Å². The molecule has 0 saturated carbocycles. The van der Waals surface area contributed by atoms with Gasteiger partial charge in [-0.25, -0.2) is 0 Å². The van der Waals surface area contributed by atoms with E-state index >= 15 is 0 Å². The van der Waals surface area contributed by atoms with Crippen molar-refractivity contribution >= 4 is 11.6 Å². The number of hydrogen-bond donors (Lipinski definition) is 1. The van der Waals surface area contributed by atoms with Gasteiger partial charge in [0, 0.05) is 18.3 Å². The van der Waals surface area contributed by atoms with Crippen molar-refractivity contribution in [2.45, 2.75) is 46.1 Å². The maximum atomic E-state index is 12.9. The molecule has 2 N–H and O–H groups in total. The maximum Gasteiger partial charge on any atom is 0.234 e. The first-order valence-electron chi connectivity index (χ1n) is 7.15. The van der Waals surface area contributed by atoms with Crippen molar-refractivity contribution in [2.24, 2.45) is 11.1 Å². The summed E-state index contributed by atoms with van der Waals surface area (Å²) in [5.41, 5.74) is 7.72. The van der Waals surface area contributed by atoms with Gasteiger partial charge >= 0.3 is 0 Å². The number of hydrogen-bond acceptors (Lipinski definition) is 2. The molecule has 19 heavy (non-hydrogen) atoms. The minimum atomic E-state index is -0.460. The summed E-state index contributed by atoms with van der Waals surface area (Å²) in [5.74, 6) is 0.164. The smallest absolute Gasteiger partial charge is 0.234 e. The van der Waals surface area contributed by atoms with Crippen molar-refractivity contribution in [2.75, 3.05) is 11.4 Å². The summed E-state index contributed by atoms with van der Waals surface area (Å²) in [6, 6.07) is 8.46. The fraction of sp³-hybridized carbons (Fsp3) is 0.562. The number of carbonyl (C=O) groups excluding carboxylic acids is 1. The van der Waals surface area contributed by atoms with Crippen LogP contribution < -0.4 is 10.6 Å². The largest absolute Gasteiger partial charge is 0.329 e. The SMILES string of the molecule is CCC(C)(CN)C(=O)N1c2ccccc2CCC1C. The molecule has 104 valence electrons. The van der Waals surface area contributed by atoms with Crippen LogP contribution in [0.5, 0.6) is 0 Å². The van der Waals surface area contributed by atoms with Gasteiger partial charge < -0.3 is 10.6 Å². The molecule has 3 nitrogen and oxygen atoms in total. The predicted molar refractivity (Wildman–Crippen MR) is 79.2 cm³/mol. The molecule has 0 bridgehead atoms. The Balaban J connectivity index is 2.41. The molecular formula is C16H24N2O. The molecule has 2 atom stereocenters. The molecule has 2 unspecified atom stereocenters.